The molecule has 1 heterocycles. The molecule has 1 aromatic carbocycles. The van der Waals surface area contributed by atoms with Crippen molar-refractivity contribution in [3.05, 3.63) is 29.8 Å². The number of nitrogens with zero attached hydrogens (tertiary/aromatic N) is 1. The number of ketones is 1. The number of benzene rings is 1. The summed E-state index contributed by atoms with van der Waals surface area (Å²) < 4.78 is 24.7. The standard InChI is InChI=1S/C15H22N2O3S/c1-3-17-10-8-13(9-11-17)15(18)12-4-6-14(7-5-12)16-21(2,19)20/h4-7,13,16H,3,8-11H2,1-2H3. The van der Waals surface area contributed by atoms with E-state index >= 15 is 0 Å². The minimum absolute atomic E-state index is 0.0847. The molecule has 1 aliphatic heterocycles. The van der Waals surface area contributed by atoms with Crippen LogP contribution < -0.4 is 4.72 Å². The predicted octanol–water partition coefficient (Wildman–Crippen LogP) is 1.97. The summed E-state index contributed by atoms with van der Waals surface area (Å²) in [6, 6.07) is 6.66. The fraction of sp³-hybridized carbons (Fsp3) is 0.533. The number of carbonyl (C=O) groups is 1. The van der Waals surface area contributed by atoms with Crippen LogP contribution in [0.25, 0.3) is 0 Å². The van der Waals surface area contributed by atoms with E-state index in [9.17, 15) is 13.2 Å². The van der Waals surface area contributed by atoms with Crippen molar-refractivity contribution in [3.63, 3.8) is 0 Å². The van der Waals surface area contributed by atoms with Gasteiger partial charge in [-0.3, -0.25) is 9.52 Å². The molecule has 1 fully saturated rings. The van der Waals surface area contributed by atoms with Gasteiger partial charge in [-0.25, -0.2) is 8.42 Å². The molecule has 2 rings (SSSR count). The predicted molar refractivity (Wildman–Crippen MR) is 84.1 cm³/mol. The summed E-state index contributed by atoms with van der Waals surface area (Å²) in [4.78, 5) is 14.8. The number of nitrogens with one attached hydrogen (secondary N) is 1. The molecule has 6 heteroatoms. The van der Waals surface area contributed by atoms with E-state index < -0.39 is 10.0 Å². The normalized spacial score (nSPS) is 17.6. The molecule has 0 unspecified atom stereocenters. The third kappa shape index (κ3) is 4.54. The number of piperidine rings is 1. The van der Waals surface area contributed by atoms with E-state index in [0.717, 1.165) is 38.7 Å². The number of sulfonamides is 1. The highest BCUT2D eigenvalue weighted by atomic mass is 32.2. The Morgan fingerprint density at radius 2 is 1.81 bits per heavy atom. The lowest BCUT2D eigenvalue weighted by molar-refractivity contribution is 0.0844. The summed E-state index contributed by atoms with van der Waals surface area (Å²) in [5.41, 5.74) is 1.14. The molecule has 116 valence electrons. The van der Waals surface area contributed by atoms with Crippen LogP contribution >= 0.6 is 0 Å². The summed E-state index contributed by atoms with van der Waals surface area (Å²) >= 11 is 0. The third-order valence-electron chi connectivity index (χ3n) is 3.88. The molecule has 1 aliphatic rings. The van der Waals surface area contributed by atoms with Gasteiger partial charge in [-0.05, 0) is 56.7 Å². The fourth-order valence-electron chi connectivity index (χ4n) is 2.66. The van der Waals surface area contributed by atoms with Crippen LogP contribution in [0.1, 0.15) is 30.1 Å². The Morgan fingerprint density at radius 1 is 1.24 bits per heavy atom. The monoisotopic (exact) mass is 310 g/mol. The third-order valence-corrected chi connectivity index (χ3v) is 4.48. The van der Waals surface area contributed by atoms with Crippen molar-refractivity contribution >= 4 is 21.5 Å². The summed E-state index contributed by atoms with van der Waals surface area (Å²) in [6.07, 6.45) is 2.90. The highest BCUT2D eigenvalue weighted by molar-refractivity contribution is 7.92. The van der Waals surface area contributed by atoms with Crippen LogP contribution in [0.15, 0.2) is 24.3 Å². The summed E-state index contributed by atoms with van der Waals surface area (Å²) in [7, 11) is -3.28. The first-order valence-corrected chi connectivity index (χ1v) is 9.12. The van der Waals surface area contributed by atoms with Crippen molar-refractivity contribution in [2.24, 2.45) is 5.92 Å². The van der Waals surface area contributed by atoms with Crippen molar-refractivity contribution in [2.45, 2.75) is 19.8 Å². The molecule has 1 saturated heterocycles. The second kappa shape index (κ2) is 6.58. The molecule has 5 nitrogen and oxygen atoms in total. The molecule has 0 aromatic heterocycles. The van der Waals surface area contributed by atoms with Crippen LogP contribution in [-0.4, -0.2) is 45.0 Å². The Kier molecular flexibility index (Phi) is 5.00. The van der Waals surface area contributed by atoms with E-state index in [1.165, 1.54) is 0 Å². The number of likely N-dealkylation sites (tertiary alicyclic amines) is 1. The Morgan fingerprint density at radius 3 is 2.29 bits per heavy atom. The minimum Gasteiger partial charge on any atom is -0.304 e. The van der Waals surface area contributed by atoms with Crippen LogP contribution in [0.2, 0.25) is 0 Å². The molecule has 0 bridgehead atoms. The van der Waals surface area contributed by atoms with Crippen LogP contribution in [0.4, 0.5) is 5.69 Å². The highest BCUT2D eigenvalue weighted by Crippen LogP contribution is 2.22. The topological polar surface area (TPSA) is 66.5 Å². The van der Waals surface area contributed by atoms with Crippen LogP contribution in [0.5, 0.6) is 0 Å². The second-order valence-electron chi connectivity index (χ2n) is 5.52. The molecule has 0 spiro atoms. The molecule has 0 radical (unpaired) electrons. The summed E-state index contributed by atoms with van der Waals surface area (Å²) in [5.74, 6) is 0.248. The molecule has 1 N–H and O–H groups in total. The van der Waals surface area contributed by atoms with E-state index in [1.54, 1.807) is 24.3 Å². The molecular formula is C15H22N2O3S. The SMILES string of the molecule is CCN1CCC(C(=O)c2ccc(NS(C)(=O)=O)cc2)CC1. The van der Waals surface area contributed by atoms with Gasteiger partial charge in [-0.1, -0.05) is 6.92 Å². The van der Waals surface area contributed by atoms with E-state index in [1.807, 2.05) is 0 Å². The molecule has 0 amide bonds. The van der Waals surface area contributed by atoms with Crippen molar-refractivity contribution in [2.75, 3.05) is 30.6 Å². The fourth-order valence-corrected chi connectivity index (χ4v) is 3.23. The van der Waals surface area contributed by atoms with Gasteiger partial charge in [0.15, 0.2) is 5.78 Å². The minimum atomic E-state index is -3.28. The highest BCUT2D eigenvalue weighted by Gasteiger charge is 2.25. The molecule has 21 heavy (non-hydrogen) atoms. The van der Waals surface area contributed by atoms with Gasteiger partial charge in [0.05, 0.1) is 6.26 Å². The van der Waals surface area contributed by atoms with E-state index in [2.05, 4.69) is 16.5 Å². The largest absolute Gasteiger partial charge is 0.304 e. The van der Waals surface area contributed by atoms with Gasteiger partial charge in [-0.2, -0.15) is 0 Å². The number of Topliss-reactive ketones (excluding diaryl/α,β-unsaturated/α-hetero) is 1. The Bertz CT molecular complexity index is 588. The Labute approximate surface area is 126 Å². The van der Waals surface area contributed by atoms with Crippen molar-refractivity contribution in [1.29, 1.82) is 0 Å². The lowest BCUT2D eigenvalue weighted by Crippen LogP contribution is -2.36. The average Bonchev–Trinajstić information content (AvgIpc) is 2.46. The number of anilines is 1. The summed E-state index contributed by atoms with van der Waals surface area (Å²) in [5, 5.41) is 0. The molecular weight excluding hydrogens is 288 g/mol. The zero-order valence-corrected chi connectivity index (χ0v) is 13.3. The van der Waals surface area contributed by atoms with Crippen LogP contribution in [-0.2, 0) is 10.0 Å². The van der Waals surface area contributed by atoms with Gasteiger partial charge in [0.2, 0.25) is 10.0 Å². The maximum absolute atomic E-state index is 12.4. The zero-order valence-electron chi connectivity index (χ0n) is 12.5. The van der Waals surface area contributed by atoms with Crippen molar-refractivity contribution < 1.29 is 13.2 Å². The smallest absolute Gasteiger partial charge is 0.229 e. The van der Waals surface area contributed by atoms with Gasteiger partial charge < -0.3 is 4.90 Å². The number of hydrogen-bond donors (Lipinski definition) is 1. The van der Waals surface area contributed by atoms with Crippen LogP contribution in [0.3, 0.4) is 0 Å². The van der Waals surface area contributed by atoms with Gasteiger partial charge in [0.25, 0.3) is 0 Å². The van der Waals surface area contributed by atoms with Crippen LogP contribution in [0, 0.1) is 5.92 Å². The lowest BCUT2D eigenvalue weighted by Gasteiger charge is -2.30. The quantitative estimate of drug-likeness (QED) is 0.845. The second-order valence-corrected chi connectivity index (χ2v) is 7.27. The first-order valence-electron chi connectivity index (χ1n) is 7.23. The number of rotatable bonds is 5. The zero-order chi connectivity index (χ0) is 15.5. The molecule has 0 atom stereocenters. The van der Waals surface area contributed by atoms with Crippen molar-refractivity contribution in [1.82, 2.24) is 4.90 Å². The molecule has 1 aromatic rings. The van der Waals surface area contributed by atoms with E-state index in [4.69, 9.17) is 0 Å². The molecule has 0 saturated carbocycles. The first kappa shape index (κ1) is 16.0. The average molecular weight is 310 g/mol. The molecule has 0 aliphatic carbocycles. The van der Waals surface area contributed by atoms with E-state index in [0.29, 0.717) is 11.3 Å². The number of hydrogen-bond acceptors (Lipinski definition) is 4. The van der Waals surface area contributed by atoms with Gasteiger partial charge in [0.1, 0.15) is 0 Å². The van der Waals surface area contributed by atoms with Gasteiger partial charge in [-0.15, -0.1) is 0 Å². The maximum atomic E-state index is 12.4. The first-order chi connectivity index (χ1) is 9.89. The maximum Gasteiger partial charge on any atom is 0.229 e. The van der Waals surface area contributed by atoms with Gasteiger partial charge >= 0.3 is 0 Å². The van der Waals surface area contributed by atoms with Gasteiger partial charge in [0, 0.05) is 17.2 Å². The Balaban J connectivity index is 2.00. The van der Waals surface area contributed by atoms with E-state index in [-0.39, 0.29) is 11.7 Å². The number of carbonyl (C=O) groups excluding carboxylic acids is 1. The Hall–Kier alpha value is -1.40. The summed E-state index contributed by atoms with van der Waals surface area (Å²) in [6.45, 7) is 5.11. The lowest BCUT2D eigenvalue weighted by atomic mass is 9.89. The van der Waals surface area contributed by atoms with Crippen molar-refractivity contribution in [3.8, 4) is 0 Å².